The van der Waals surface area contributed by atoms with Crippen LogP contribution < -0.4 is 5.32 Å². The molecule has 2 aromatic heterocycles. The molecule has 3 heterocycles. The van der Waals surface area contributed by atoms with E-state index in [4.69, 9.17) is 16.1 Å². The van der Waals surface area contributed by atoms with Crippen LogP contribution in [0.4, 0.5) is 0 Å². The second kappa shape index (κ2) is 10.7. The van der Waals surface area contributed by atoms with Gasteiger partial charge >= 0.3 is 0 Å². The first-order chi connectivity index (χ1) is 14.2. The highest BCUT2D eigenvalue weighted by atomic mass is 127. The normalized spacial score (nSPS) is 15.1. The molecule has 11 heteroatoms. The molecule has 0 radical (unpaired) electrons. The molecule has 0 saturated carbocycles. The third-order valence-corrected chi connectivity index (χ3v) is 5.27. The Hall–Kier alpha value is -2.21. The summed E-state index contributed by atoms with van der Waals surface area (Å²) < 4.78 is 5.36. The van der Waals surface area contributed by atoms with E-state index in [0.29, 0.717) is 35.6 Å². The van der Waals surface area contributed by atoms with Crippen LogP contribution in [-0.2, 0) is 6.42 Å². The first kappa shape index (κ1) is 22.5. The summed E-state index contributed by atoms with van der Waals surface area (Å²) in [7, 11) is 1.80. The Morgan fingerprint density at radius 3 is 2.73 bits per heavy atom. The number of aromatic nitrogens is 5. The fraction of sp³-hybridized carbons (Fsp3) is 0.421. The van der Waals surface area contributed by atoms with Crippen LogP contribution in [-0.4, -0.2) is 62.9 Å². The lowest BCUT2D eigenvalue weighted by molar-refractivity contribution is 0.298. The predicted molar refractivity (Wildman–Crippen MR) is 125 cm³/mol. The number of hydrogen-bond acceptors (Lipinski definition) is 6. The predicted octanol–water partition coefficient (Wildman–Crippen LogP) is 3.12. The van der Waals surface area contributed by atoms with Gasteiger partial charge in [0.15, 0.2) is 5.96 Å². The Bertz CT molecular complexity index is 936. The highest BCUT2D eigenvalue weighted by molar-refractivity contribution is 14.0. The number of guanidine groups is 1. The Kier molecular flexibility index (Phi) is 8.02. The molecule has 0 bridgehead atoms. The van der Waals surface area contributed by atoms with Crippen molar-refractivity contribution in [1.82, 2.24) is 35.5 Å². The van der Waals surface area contributed by atoms with E-state index in [1.807, 2.05) is 24.3 Å². The van der Waals surface area contributed by atoms with Gasteiger partial charge in [-0.05, 0) is 37.1 Å². The molecule has 1 saturated heterocycles. The molecule has 1 aliphatic rings. The monoisotopic (exact) mass is 542 g/mol. The molecule has 1 aromatic carbocycles. The number of aromatic amines is 1. The maximum atomic E-state index is 5.92. The van der Waals surface area contributed by atoms with Gasteiger partial charge in [0.05, 0.1) is 0 Å². The number of nitrogens with zero attached hydrogens (tertiary/aromatic N) is 6. The summed E-state index contributed by atoms with van der Waals surface area (Å²) in [6.45, 7) is 2.51. The van der Waals surface area contributed by atoms with Gasteiger partial charge in [0.2, 0.25) is 11.7 Å². The lowest BCUT2D eigenvalue weighted by atomic mass is 9.96. The van der Waals surface area contributed by atoms with Crippen LogP contribution in [0.3, 0.4) is 0 Å². The van der Waals surface area contributed by atoms with E-state index in [9.17, 15) is 0 Å². The van der Waals surface area contributed by atoms with Crippen LogP contribution in [0.25, 0.3) is 11.4 Å². The number of nitrogens with one attached hydrogen (secondary N) is 2. The summed E-state index contributed by atoms with van der Waals surface area (Å²) >= 11 is 5.92. The molecule has 0 amide bonds. The standard InChI is InChI=1S/C19H23ClN8O.HI/c1-21-19(28-10-7-14(8-11-28)17-23-12-24-26-17)22-9-6-16-25-18(27-29-16)13-2-4-15(20)5-3-13;/h2-5,12,14H,6-11H2,1H3,(H,21,22)(H,23,24,26);1H. The summed E-state index contributed by atoms with van der Waals surface area (Å²) in [4.78, 5) is 15.4. The largest absolute Gasteiger partial charge is 0.356 e. The first-order valence-electron chi connectivity index (χ1n) is 9.62. The molecule has 0 aliphatic carbocycles. The number of aliphatic imine (C=N–C) groups is 1. The summed E-state index contributed by atoms with van der Waals surface area (Å²) in [5, 5.41) is 15.0. The minimum absolute atomic E-state index is 0. The van der Waals surface area contributed by atoms with Gasteiger partial charge < -0.3 is 14.7 Å². The van der Waals surface area contributed by atoms with Crippen LogP contribution in [0, 0.1) is 0 Å². The average Bonchev–Trinajstić information content (AvgIpc) is 3.45. The highest BCUT2D eigenvalue weighted by Crippen LogP contribution is 2.25. The fourth-order valence-corrected chi connectivity index (χ4v) is 3.59. The number of benzene rings is 1. The average molecular weight is 543 g/mol. The highest BCUT2D eigenvalue weighted by Gasteiger charge is 2.24. The molecule has 30 heavy (non-hydrogen) atoms. The zero-order chi connectivity index (χ0) is 20.1. The van der Waals surface area contributed by atoms with Crippen molar-refractivity contribution in [2.75, 3.05) is 26.7 Å². The van der Waals surface area contributed by atoms with Crippen LogP contribution in [0.15, 0.2) is 40.1 Å². The third-order valence-electron chi connectivity index (χ3n) is 5.02. The number of piperidine rings is 1. The van der Waals surface area contributed by atoms with Crippen molar-refractivity contribution in [3.63, 3.8) is 0 Å². The summed E-state index contributed by atoms with van der Waals surface area (Å²) in [5.41, 5.74) is 0.878. The SMILES string of the molecule is CN=C(NCCc1nc(-c2ccc(Cl)cc2)no1)N1CCC(c2ncn[nH]2)CC1.I. The lowest BCUT2D eigenvalue weighted by Gasteiger charge is -2.33. The molecule has 9 nitrogen and oxygen atoms in total. The van der Waals surface area contributed by atoms with Crippen LogP contribution in [0.2, 0.25) is 5.02 Å². The van der Waals surface area contributed by atoms with Crippen molar-refractivity contribution in [1.29, 1.82) is 0 Å². The molecule has 0 spiro atoms. The molecular formula is C19H24ClIN8O. The van der Waals surface area contributed by atoms with E-state index < -0.39 is 0 Å². The molecule has 3 aromatic rings. The lowest BCUT2D eigenvalue weighted by Crippen LogP contribution is -2.45. The van der Waals surface area contributed by atoms with Crippen molar-refractivity contribution in [2.24, 2.45) is 4.99 Å². The van der Waals surface area contributed by atoms with E-state index in [-0.39, 0.29) is 24.0 Å². The van der Waals surface area contributed by atoms with Crippen molar-refractivity contribution in [2.45, 2.75) is 25.2 Å². The summed E-state index contributed by atoms with van der Waals surface area (Å²) in [6, 6.07) is 7.37. The van der Waals surface area contributed by atoms with Crippen LogP contribution in [0.5, 0.6) is 0 Å². The molecule has 2 N–H and O–H groups in total. The molecule has 1 fully saturated rings. The quantitative estimate of drug-likeness (QED) is 0.290. The number of likely N-dealkylation sites (tertiary alicyclic amines) is 1. The summed E-state index contributed by atoms with van der Waals surface area (Å²) in [5.74, 6) is 3.44. The van der Waals surface area contributed by atoms with Crippen molar-refractivity contribution in [3.8, 4) is 11.4 Å². The summed E-state index contributed by atoms with van der Waals surface area (Å²) in [6.07, 6.45) is 4.22. The molecule has 1 aliphatic heterocycles. The zero-order valence-corrected chi connectivity index (χ0v) is 19.7. The number of rotatable bonds is 5. The number of hydrogen-bond donors (Lipinski definition) is 2. The minimum atomic E-state index is 0. The number of H-pyrrole nitrogens is 1. The van der Waals surface area contributed by atoms with Gasteiger partial charge in [-0.2, -0.15) is 10.1 Å². The van der Waals surface area contributed by atoms with Gasteiger partial charge in [0, 0.05) is 49.6 Å². The van der Waals surface area contributed by atoms with E-state index in [1.54, 1.807) is 13.4 Å². The van der Waals surface area contributed by atoms with Crippen LogP contribution in [0.1, 0.15) is 30.5 Å². The van der Waals surface area contributed by atoms with Gasteiger partial charge in [-0.15, -0.1) is 24.0 Å². The van der Waals surface area contributed by atoms with E-state index in [1.165, 1.54) is 0 Å². The zero-order valence-electron chi connectivity index (χ0n) is 16.6. The molecule has 4 rings (SSSR count). The van der Waals surface area contributed by atoms with Gasteiger partial charge in [0.1, 0.15) is 12.2 Å². The van der Waals surface area contributed by atoms with E-state index in [0.717, 1.165) is 43.3 Å². The maximum absolute atomic E-state index is 5.92. The Morgan fingerprint density at radius 2 is 2.07 bits per heavy atom. The van der Waals surface area contributed by atoms with Crippen molar-refractivity contribution < 1.29 is 4.52 Å². The first-order valence-corrected chi connectivity index (χ1v) is 10.00. The molecular weight excluding hydrogens is 519 g/mol. The molecule has 0 unspecified atom stereocenters. The van der Waals surface area contributed by atoms with Gasteiger partial charge in [-0.1, -0.05) is 16.8 Å². The minimum Gasteiger partial charge on any atom is -0.356 e. The van der Waals surface area contributed by atoms with E-state index in [2.05, 4.69) is 40.5 Å². The second-order valence-electron chi connectivity index (χ2n) is 6.87. The Balaban J connectivity index is 0.00000256. The van der Waals surface area contributed by atoms with E-state index >= 15 is 0 Å². The smallest absolute Gasteiger partial charge is 0.228 e. The van der Waals surface area contributed by atoms with Crippen LogP contribution >= 0.6 is 35.6 Å². The van der Waals surface area contributed by atoms with Crippen molar-refractivity contribution >= 4 is 41.5 Å². The van der Waals surface area contributed by atoms with Gasteiger partial charge in [-0.3, -0.25) is 10.1 Å². The second-order valence-corrected chi connectivity index (χ2v) is 7.31. The molecule has 0 atom stereocenters. The number of halogens is 2. The Labute approximate surface area is 196 Å². The Morgan fingerprint density at radius 1 is 1.30 bits per heavy atom. The van der Waals surface area contributed by atoms with Gasteiger partial charge in [-0.25, -0.2) is 4.98 Å². The van der Waals surface area contributed by atoms with Gasteiger partial charge in [0.25, 0.3) is 0 Å². The third kappa shape index (κ3) is 5.48. The molecule has 160 valence electrons. The maximum Gasteiger partial charge on any atom is 0.228 e. The van der Waals surface area contributed by atoms with Crippen molar-refractivity contribution in [3.05, 3.63) is 47.3 Å². The fourth-order valence-electron chi connectivity index (χ4n) is 3.46. The topological polar surface area (TPSA) is 108 Å².